The predicted octanol–water partition coefficient (Wildman–Crippen LogP) is 1.56. The molecule has 7 heteroatoms. The highest BCUT2D eigenvalue weighted by molar-refractivity contribution is 6.62. The van der Waals surface area contributed by atoms with Gasteiger partial charge in [-0.05, 0) is 59.4 Å². The molecule has 2 aliphatic heterocycles. The van der Waals surface area contributed by atoms with Crippen LogP contribution in [0.15, 0.2) is 18.2 Å². The van der Waals surface area contributed by atoms with Crippen molar-refractivity contribution < 1.29 is 18.5 Å². The van der Waals surface area contributed by atoms with Gasteiger partial charge in [-0.1, -0.05) is 0 Å². The first kappa shape index (κ1) is 18.4. The molecule has 1 atom stereocenters. The van der Waals surface area contributed by atoms with Crippen molar-refractivity contribution in [3.05, 3.63) is 29.6 Å². The molecule has 1 aromatic carbocycles. The molecule has 136 valence electrons. The van der Waals surface area contributed by atoms with Crippen LogP contribution in [-0.4, -0.2) is 55.3 Å². The standard InChI is InChI=1S/C18H26BFN2O3/c1-17(2)18(3,4)25-19(24-17)14-10-12(6-7-15(14)20)16(23)22-9-8-13(11-22)21-5/h6-7,10,13,21H,8-9,11H2,1-5H3. The lowest BCUT2D eigenvalue weighted by atomic mass is 9.78. The topological polar surface area (TPSA) is 50.8 Å². The lowest BCUT2D eigenvalue weighted by Crippen LogP contribution is -2.41. The van der Waals surface area contributed by atoms with Crippen molar-refractivity contribution in [3.8, 4) is 0 Å². The van der Waals surface area contributed by atoms with E-state index in [1.165, 1.54) is 12.1 Å². The number of likely N-dealkylation sites (N-methyl/N-ethyl adjacent to an activating group) is 1. The number of halogens is 1. The van der Waals surface area contributed by atoms with E-state index in [0.717, 1.165) is 6.42 Å². The van der Waals surface area contributed by atoms with Crippen molar-refractivity contribution in [2.45, 2.75) is 51.4 Å². The molecule has 1 aromatic rings. The maximum atomic E-state index is 14.4. The summed E-state index contributed by atoms with van der Waals surface area (Å²) >= 11 is 0. The van der Waals surface area contributed by atoms with E-state index in [1.54, 1.807) is 11.0 Å². The van der Waals surface area contributed by atoms with Crippen molar-refractivity contribution in [3.63, 3.8) is 0 Å². The molecule has 0 bridgehead atoms. The van der Waals surface area contributed by atoms with Gasteiger partial charge < -0.3 is 19.5 Å². The van der Waals surface area contributed by atoms with E-state index in [-0.39, 0.29) is 11.4 Å². The Kier molecular flexibility index (Phi) is 4.68. The van der Waals surface area contributed by atoms with Crippen LogP contribution in [0.1, 0.15) is 44.5 Å². The number of hydrogen-bond donors (Lipinski definition) is 1. The summed E-state index contributed by atoms with van der Waals surface area (Å²) in [6.07, 6.45) is 0.924. The van der Waals surface area contributed by atoms with E-state index in [9.17, 15) is 9.18 Å². The molecular formula is C18H26BFN2O3. The average Bonchev–Trinajstić information content (AvgIpc) is 3.09. The molecule has 2 fully saturated rings. The Morgan fingerprint density at radius 3 is 2.48 bits per heavy atom. The van der Waals surface area contributed by atoms with E-state index in [0.29, 0.717) is 24.7 Å². The number of hydrogen-bond acceptors (Lipinski definition) is 4. The largest absolute Gasteiger partial charge is 0.497 e. The molecule has 1 N–H and O–H groups in total. The van der Waals surface area contributed by atoms with Crippen LogP contribution in [0.2, 0.25) is 0 Å². The minimum atomic E-state index is -0.818. The van der Waals surface area contributed by atoms with Crippen LogP contribution in [0.5, 0.6) is 0 Å². The summed E-state index contributed by atoms with van der Waals surface area (Å²) in [7, 11) is 1.08. The molecule has 2 aliphatic rings. The number of carbonyl (C=O) groups excluding carboxylic acids is 1. The molecule has 0 spiro atoms. The monoisotopic (exact) mass is 348 g/mol. The Morgan fingerprint density at radius 1 is 1.28 bits per heavy atom. The molecule has 5 nitrogen and oxygen atoms in total. The van der Waals surface area contributed by atoms with E-state index >= 15 is 0 Å². The van der Waals surface area contributed by atoms with Crippen LogP contribution in [-0.2, 0) is 9.31 Å². The van der Waals surface area contributed by atoms with Crippen LogP contribution in [0.4, 0.5) is 4.39 Å². The molecule has 25 heavy (non-hydrogen) atoms. The Labute approximate surface area is 149 Å². The molecule has 2 heterocycles. The fourth-order valence-electron chi connectivity index (χ4n) is 3.19. The molecule has 0 aromatic heterocycles. The number of nitrogens with one attached hydrogen (secondary N) is 1. The first-order valence-corrected chi connectivity index (χ1v) is 8.76. The number of amides is 1. The zero-order valence-corrected chi connectivity index (χ0v) is 15.6. The average molecular weight is 348 g/mol. The minimum Gasteiger partial charge on any atom is -0.399 e. The van der Waals surface area contributed by atoms with Gasteiger partial charge in [-0.25, -0.2) is 4.39 Å². The molecule has 1 unspecified atom stereocenters. The van der Waals surface area contributed by atoms with Crippen LogP contribution in [0.25, 0.3) is 0 Å². The van der Waals surface area contributed by atoms with Crippen molar-refractivity contribution in [1.29, 1.82) is 0 Å². The maximum absolute atomic E-state index is 14.4. The quantitative estimate of drug-likeness (QED) is 0.843. The highest BCUT2D eigenvalue weighted by Crippen LogP contribution is 2.36. The Hall–Kier alpha value is -1.44. The number of likely N-dealkylation sites (tertiary alicyclic amines) is 1. The molecule has 0 saturated carbocycles. The van der Waals surface area contributed by atoms with Crippen LogP contribution in [0.3, 0.4) is 0 Å². The van der Waals surface area contributed by atoms with Gasteiger partial charge in [-0.2, -0.15) is 0 Å². The second-order valence-corrected chi connectivity index (χ2v) is 7.85. The molecule has 1 amide bonds. The van der Waals surface area contributed by atoms with Crippen molar-refractivity contribution in [2.24, 2.45) is 0 Å². The van der Waals surface area contributed by atoms with Crippen LogP contribution < -0.4 is 10.8 Å². The molecule has 0 aliphatic carbocycles. The highest BCUT2D eigenvalue weighted by atomic mass is 19.1. The van der Waals surface area contributed by atoms with Crippen molar-refractivity contribution >= 4 is 18.5 Å². The third kappa shape index (κ3) is 3.33. The van der Waals surface area contributed by atoms with Gasteiger partial charge in [0, 0.05) is 30.2 Å². The SMILES string of the molecule is CNC1CCN(C(=O)c2ccc(F)c(B3OC(C)(C)C(C)(C)O3)c2)C1. The number of benzene rings is 1. The third-order valence-electron chi connectivity index (χ3n) is 5.63. The summed E-state index contributed by atoms with van der Waals surface area (Å²) in [6, 6.07) is 4.72. The highest BCUT2D eigenvalue weighted by Gasteiger charge is 2.52. The lowest BCUT2D eigenvalue weighted by molar-refractivity contribution is 0.00578. The Bertz CT molecular complexity index is 664. The molecular weight excluding hydrogens is 322 g/mol. The Balaban J connectivity index is 1.83. The van der Waals surface area contributed by atoms with E-state index < -0.39 is 24.1 Å². The lowest BCUT2D eigenvalue weighted by Gasteiger charge is -2.32. The van der Waals surface area contributed by atoms with E-state index in [4.69, 9.17) is 9.31 Å². The zero-order chi connectivity index (χ0) is 18.4. The molecule has 3 rings (SSSR count). The third-order valence-corrected chi connectivity index (χ3v) is 5.63. The van der Waals surface area contributed by atoms with Gasteiger partial charge in [-0.3, -0.25) is 4.79 Å². The predicted molar refractivity (Wildman–Crippen MR) is 95.5 cm³/mol. The fraction of sp³-hybridized carbons (Fsp3) is 0.611. The number of carbonyl (C=O) groups is 1. The summed E-state index contributed by atoms with van der Waals surface area (Å²) < 4.78 is 26.2. The summed E-state index contributed by atoms with van der Waals surface area (Å²) in [4.78, 5) is 14.5. The smallest absolute Gasteiger partial charge is 0.399 e. The van der Waals surface area contributed by atoms with Crippen molar-refractivity contribution in [2.75, 3.05) is 20.1 Å². The van der Waals surface area contributed by atoms with E-state index in [2.05, 4.69) is 5.32 Å². The number of rotatable bonds is 3. The molecule has 2 saturated heterocycles. The normalized spacial score (nSPS) is 24.8. The van der Waals surface area contributed by atoms with Gasteiger partial charge >= 0.3 is 7.12 Å². The maximum Gasteiger partial charge on any atom is 0.497 e. The summed E-state index contributed by atoms with van der Waals surface area (Å²) in [6.45, 7) is 9.04. The molecule has 0 radical (unpaired) electrons. The van der Waals surface area contributed by atoms with Gasteiger partial charge in [0.15, 0.2) is 0 Å². The van der Waals surface area contributed by atoms with Gasteiger partial charge in [0.25, 0.3) is 5.91 Å². The van der Waals surface area contributed by atoms with Gasteiger partial charge in [0.2, 0.25) is 0 Å². The van der Waals surface area contributed by atoms with Crippen LogP contribution >= 0.6 is 0 Å². The first-order chi connectivity index (χ1) is 11.6. The van der Waals surface area contributed by atoms with Crippen LogP contribution in [0, 0.1) is 5.82 Å². The summed E-state index contributed by atoms with van der Waals surface area (Å²) in [5.41, 5.74) is -0.380. The second-order valence-electron chi connectivity index (χ2n) is 7.85. The van der Waals surface area contributed by atoms with E-state index in [1.807, 2.05) is 34.7 Å². The van der Waals surface area contributed by atoms with Crippen molar-refractivity contribution in [1.82, 2.24) is 10.2 Å². The van der Waals surface area contributed by atoms with Gasteiger partial charge in [0.05, 0.1) is 11.2 Å². The Morgan fingerprint density at radius 2 is 1.92 bits per heavy atom. The van der Waals surface area contributed by atoms with Gasteiger partial charge in [0.1, 0.15) is 5.82 Å². The van der Waals surface area contributed by atoms with Gasteiger partial charge in [-0.15, -0.1) is 0 Å². The zero-order valence-electron chi connectivity index (χ0n) is 15.6. The second kappa shape index (κ2) is 6.38. The number of nitrogens with zero attached hydrogens (tertiary/aromatic N) is 1. The minimum absolute atomic E-state index is 0.0875. The fourth-order valence-corrected chi connectivity index (χ4v) is 3.19. The summed E-state index contributed by atoms with van der Waals surface area (Å²) in [5, 5.41) is 3.19. The summed E-state index contributed by atoms with van der Waals surface area (Å²) in [5.74, 6) is -0.514. The first-order valence-electron chi connectivity index (χ1n) is 8.76.